The molecule has 19 heavy (non-hydrogen) atoms. The molecule has 0 amide bonds. The van der Waals surface area contributed by atoms with Gasteiger partial charge >= 0.3 is 0 Å². The number of hydrogen-bond acceptors (Lipinski definition) is 3. The third-order valence-electron chi connectivity index (χ3n) is 2.75. The molecular formula is C13H15ClFN3O. The maximum Gasteiger partial charge on any atom is 0.149 e. The number of hydrogen-bond donors (Lipinski definition) is 2. The maximum atomic E-state index is 14.0. The van der Waals surface area contributed by atoms with Crippen LogP contribution in [0.1, 0.15) is 5.82 Å². The number of halogens is 2. The van der Waals surface area contributed by atoms with Gasteiger partial charge in [0, 0.05) is 24.6 Å². The summed E-state index contributed by atoms with van der Waals surface area (Å²) < 4.78 is 15.7. The van der Waals surface area contributed by atoms with Crippen LogP contribution >= 0.6 is 11.6 Å². The molecule has 102 valence electrons. The average molecular weight is 284 g/mol. The number of nitrogens with zero attached hydrogens (tertiary/aromatic N) is 2. The van der Waals surface area contributed by atoms with Gasteiger partial charge in [-0.3, -0.25) is 0 Å². The number of rotatable bonds is 5. The van der Waals surface area contributed by atoms with Gasteiger partial charge in [-0.15, -0.1) is 11.6 Å². The highest BCUT2D eigenvalue weighted by molar-refractivity contribution is 6.18. The van der Waals surface area contributed by atoms with Crippen molar-refractivity contribution in [1.29, 1.82) is 0 Å². The van der Waals surface area contributed by atoms with Crippen molar-refractivity contribution in [1.82, 2.24) is 9.55 Å². The van der Waals surface area contributed by atoms with Crippen molar-refractivity contribution in [3.63, 3.8) is 0 Å². The van der Waals surface area contributed by atoms with Gasteiger partial charge in [-0.1, -0.05) is 0 Å². The molecule has 1 aromatic carbocycles. The number of anilines is 1. The van der Waals surface area contributed by atoms with Crippen molar-refractivity contribution in [3.8, 4) is 5.69 Å². The molecule has 4 nitrogen and oxygen atoms in total. The van der Waals surface area contributed by atoms with Gasteiger partial charge in [0.15, 0.2) is 0 Å². The molecule has 0 saturated carbocycles. The largest absolute Gasteiger partial charge is 0.390 e. The first-order valence-electron chi connectivity index (χ1n) is 5.89. The molecule has 6 heteroatoms. The van der Waals surface area contributed by atoms with E-state index >= 15 is 0 Å². The Hall–Kier alpha value is -1.59. The predicted molar refractivity (Wildman–Crippen MR) is 73.5 cm³/mol. The van der Waals surface area contributed by atoms with E-state index in [0.717, 1.165) is 5.82 Å². The summed E-state index contributed by atoms with van der Waals surface area (Å²) in [6.07, 6.45) is 2.68. The lowest BCUT2D eigenvalue weighted by molar-refractivity contribution is 0.211. The first-order chi connectivity index (χ1) is 9.11. The summed E-state index contributed by atoms with van der Waals surface area (Å²) >= 11 is 5.49. The van der Waals surface area contributed by atoms with Crippen LogP contribution in [0.5, 0.6) is 0 Å². The van der Waals surface area contributed by atoms with Gasteiger partial charge in [-0.2, -0.15) is 0 Å². The Balaban J connectivity index is 2.16. The van der Waals surface area contributed by atoms with Crippen LogP contribution in [0.4, 0.5) is 10.1 Å². The number of benzene rings is 1. The molecule has 2 N–H and O–H groups in total. The predicted octanol–water partition coefficient (Wildman–Crippen LogP) is 2.33. The third kappa shape index (κ3) is 3.24. The van der Waals surface area contributed by atoms with Crippen molar-refractivity contribution in [3.05, 3.63) is 42.2 Å². The molecule has 0 radical (unpaired) electrons. The molecule has 1 atom stereocenters. The van der Waals surface area contributed by atoms with Gasteiger partial charge in [-0.25, -0.2) is 9.37 Å². The average Bonchev–Trinajstić information content (AvgIpc) is 2.82. The summed E-state index contributed by atoms with van der Waals surface area (Å²) in [5.74, 6) is 0.505. The number of nitrogens with one attached hydrogen (secondary N) is 1. The van der Waals surface area contributed by atoms with E-state index in [-0.39, 0.29) is 18.2 Å². The van der Waals surface area contributed by atoms with Crippen LogP contribution in [0.15, 0.2) is 30.6 Å². The summed E-state index contributed by atoms with van der Waals surface area (Å²) in [5.41, 5.74) is 1.04. The molecule has 0 fully saturated rings. The molecule has 0 bridgehead atoms. The summed E-state index contributed by atoms with van der Waals surface area (Å²) in [6.45, 7) is 2.09. The van der Waals surface area contributed by atoms with Crippen molar-refractivity contribution in [2.45, 2.75) is 13.0 Å². The van der Waals surface area contributed by atoms with Crippen molar-refractivity contribution < 1.29 is 9.50 Å². The third-order valence-corrected chi connectivity index (χ3v) is 3.11. The molecule has 0 spiro atoms. The highest BCUT2D eigenvalue weighted by Gasteiger charge is 2.08. The number of aliphatic hydroxyl groups is 1. The zero-order valence-corrected chi connectivity index (χ0v) is 11.2. The van der Waals surface area contributed by atoms with E-state index < -0.39 is 6.10 Å². The van der Waals surface area contributed by atoms with E-state index in [9.17, 15) is 9.50 Å². The lowest BCUT2D eigenvalue weighted by Gasteiger charge is -2.12. The van der Waals surface area contributed by atoms with E-state index in [2.05, 4.69) is 10.3 Å². The second kappa shape index (κ2) is 6.04. The van der Waals surface area contributed by atoms with Gasteiger partial charge in [-0.05, 0) is 25.1 Å². The molecule has 1 aromatic heterocycles. The molecule has 0 aliphatic rings. The Labute approximate surface area is 115 Å². The summed E-state index contributed by atoms with van der Waals surface area (Å²) in [4.78, 5) is 4.06. The quantitative estimate of drug-likeness (QED) is 0.828. The highest BCUT2D eigenvalue weighted by atomic mass is 35.5. The van der Waals surface area contributed by atoms with Crippen molar-refractivity contribution in [2.75, 3.05) is 17.7 Å². The Bertz CT molecular complexity index is 559. The lowest BCUT2D eigenvalue weighted by Crippen LogP contribution is -2.20. The van der Waals surface area contributed by atoms with Gasteiger partial charge < -0.3 is 15.0 Å². The van der Waals surface area contributed by atoms with Gasteiger partial charge in [0.05, 0.1) is 17.7 Å². The van der Waals surface area contributed by atoms with E-state index in [4.69, 9.17) is 11.6 Å². The number of imidazole rings is 1. The smallest absolute Gasteiger partial charge is 0.149 e. The second-order valence-corrected chi connectivity index (χ2v) is 4.51. The topological polar surface area (TPSA) is 50.1 Å². The van der Waals surface area contributed by atoms with Crippen LogP contribution < -0.4 is 5.32 Å². The van der Waals surface area contributed by atoms with Crippen LogP contribution in [0, 0.1) is 12.7 Å². The van der Waals surface area contributed by atoms with Gasteiger partial charge in [0.2, 0.25) is 0 Å². The van der Waals surface area contributed by atoms with Gasteiger partial charge in [0.1, 0.15) is 11.6 Å². The molecule has 0 aliphatic carbocycles. The standard InChI is InChI=1S/C13H15ClFN3O/c1-9-16-4-5-18(9)13-3-2-10(6-12(13)15)17-8-11(19)7-14/h2-6,11,17,19H,7-8H2,1H3. The molecular weight excluding hydrogens is 269 g/mol. The maximum absolute atomic E-state index is 14.0. The zero-order chi connectivity index (χ0) is 13.8. The van der Waals surface area contributed by atoms with Crippen LogP contribution in [0.25, 0.3) is 5.69 Å². The second-order valence-electron chi connectivity index (χ2n) is 4.20. The minimum absolute atomic E-state index is 0.141. The first kappa shape index (κ1) is 13.8. The Morgan fingerprint density at radius 2 is 2.32 bits per heavy atom. The number of aromatic nitrogens is 2. The molecule has 0 aliphatic heterocycles. The van der Waals surface area contributed by atoms with Crippen molar-refractivity contribution >= 4 is 17.3 Å². The monoisotopic (exact) mass is 283 g/mol. The molecule has 2 aromatic rings. The van der Waals surface area contributed by atoms with Gasteiger partial charge in [0.25, 0.3) is 0 Å². The van der Waals surface area contributed by atoms with E-state index in [1.54, 1.807) is 29.1 Å². The summed E-state index contributed by atoms with van der Waals surface area (Å²) in [7, 11) is 0. The minimum Gasteiger partial charge on any atom is -0.390 e. The van der Waals surface area contributed by atoms with E-state index in [1.165, 1.54) is 6.07 Å². The van der Waals surface area contributed by atoms with Crippen LogP contribution in [-0.2, 0) is 0 Å². The fraction of sp³-hybridized carbons (Fsp3) is 0.308. The molecule has 0 saturated heterocycles. The normalized spacial score (nSPS) is 12.4. The van der Waals surface area contributed by atoms with Crippen molar-refractivity contribution in [2.24, 2.45) is 0 Å². The fourth-order valence-electron chi connectivity index (χ4n) is 1.74. The SMILES string of the molecule is Cc1nccn1-c1ccc(NCC(O)CCl)cc1F. The van der Waals surface area contributed by atoms with E-state index in [1.807, 2.05) is 6.92 Å². The minimum atomic E-state index is -0.653. The van der Waals surface area contributed by atoms with Crippen LogP contribution in [0.3, 0.4) is 0 Å². The lowest BCUT2D eigenvalue weighted by atomic mass is 10.2. The Kier molecular flexibility index (Phi) is 4.39. The Morgan fingerprint density at radius 3 is 2.89 bits per heavy atom. The summed E-state index contributed by atoms with van der Waals surface area (Å²) in [6, 6.07) is 4.80. The highest BCUT2D eigenvalue weighted by Crippen LogP contribution is 2.19. The zero-order valence-electron chi connectivity index (χ0n) is 10.5. The Morgan fingerprint density at radius 1 is 1.53 bits per heavy atom. The number of alkyl halides is 1. The summed E-state index contributed by atoms with van der Waals surface area (Å²) in [5, 5.41) is 12.3. The van der Waals surface area contributed by atoms with Crippen LogP contribution in [0.2, 0.25) is 0 Å². The molecule has 1 unspecified atom stereocenters. The number of aliphatic hydroxyl groups excluding tert-OH is 1. The molecule has 2 rings (SSSR count). The number of aryl methyl sites for hydroxylation is 1. The first-order valence-corrected chi connectivity index (χ1v) is 6.43. The molecule has 1 heterocycles. The van der Waals surface area contributed by atoms with E-state index in [0.29, 0.717) is 11.4 Å². The van der Waals surface area contributed by atoms with Crippen LogP contribution in [-0.4, -0.2) is 33.2 Å². The fourth-order valence-corrected chi connectivity index (χ4v) is 1.84.